The van der Waals surface area contributed by atoms with Gasteiger partial charge in [-0.05, 0) is 37.9 Å². The van der Waals surface area contributed by atoms with Crippen molar-refractivity contribution >= 4 is 7.12 Å². The fraction of sp³-hybridized carbons (Fsp3) is 1.00. The van der Waals surface area contributed by atoms with Crippen LogP contribution in [0.3, 0.4) is 0 Å². The molecule has 0 radical (unpaired) electrons. The minimum absolute atomic E-state index is 0.245. The Hall–Kier alpha value is -0.0951. The quantitative estimate of drug-likeness (QED) is 0.372. The zero-order chi connectivity index (χ0) is 11.3. The van der Waals surface area contributed by atoms with Gasteiger partial charge in [0.1, 0.15) is 0 Å². The van der Waals surface area contributed by atoms with Gasteiger partial charge in [0, 0.05) is 12.1 Å². The van der Waals surface area contributed by atoms with Crippen LogP contribution in [0.25, 0.3) is 0 Å². The van der Waals surface area contributed by atoms with Gasteiger partial charge in [0.25, 0.3) is 0 Å². The normalized spacial score (nSPS) is 28.0. The third-order valence-electron chi connectivity index (χ3n) is 3.37. The van der Waals surface area contributed by atoms with Crippen LogP contribution in [0.1, 0.15) is 38.5 Å². The topological polar surface area (TPSA) is 92.5 Å². The van der Waals surface area contributed by atoms with E-state index in [1.165, 1.54) is 0 Å². The fourth-order valence-corrected chi connectivity index (χ4v) is 2.38. The van der Waals surface area contributed by atoms with Gasteiger partial charge >= 0.3 is 7.12 Å². The second kappa shape index (κ2) is 6.48. The molecule has 15 heavy (non-hydrogen) atoms. The molecule has 1 fully saturated rings. The molecule has 5 heteroatoms. The van der Waals surface area contributed by atoms with Gasteiger partial charge in [-0.3, -0.25) is 0 Å². The molecule has 0 spiro atoms. The minimum atomic E-state index is -1.17. The van der Waals surface area contributed by atoms with Crippen molar-refractivity contribution in [2.75, 3.05) is 0 Å². The second-order valence-corrected chi connectivity index (χ2v) is 4.76. The third-order valence-corrected chi connectivity index (χ3v) is 3.37. The molecule has 0 heterocycles. The van der Waals surface area contributed by atoms with Crippen LogP contribution < -0.4 is 11.5 Å². The summed E-state index contributed by atoms with van der Waals surface area (Å²) in [6.07, 6.45) is 6.57. The first-order valence-electron chi connectivity index (χ1n) is 5.97. The summed E-state index contributed by atoms with van der Waals surface area (Å²) < 4.78 is 0. The van der Waals surface area contributed by atoms with Crippen molar-refractivity contribution < 1.29 is 10.0 Å². The molecule has 88 valence electrons. The molecule has 4 nitrogen and oxygen atoms in total. The van der Waals surface area contributed by atoms with Gasteiger partial charge in [0.15, 0.2) is 0 Å². The van der Waals surface area contributed by atoms with E-state index in [-0.39, 0.29) is 6.04 Å². The van der Waals surface area contributed by atoms with Crippen molar-refractivity contribution in [3.05, 3.63) is 0 Å². The van der Waals surface area contributed by atoms with Gasteiger partial charge in [-0.2, -0.15) is 0 Å². The van der Waals surface area contributed by atoms with E-state index in [1.54, 1.807) is 0 Å². The van der Waals surface area contributed by atoms with Crippen LogP contribution in [0, 0.1) is 5.92 Å². The Labute approximate surface area is 92.2 Å². The summed E-state index contributed by atoms with van der Waals surface area (Å²) >= 11 is 0. The van der Waals surface area contributed by atoms with Crippen LogP contribution in [0.2, 0.25) is 6.32 Å². The highest BCUT2D eigenvalue weighted by Gasteiger charge is 2.26. The molecule has 1 aliphatic rings. The maximum atomic E-state index is 8.67. The van der Waals surface area contributed by atoms with Gasteiger partial charge in [-0.15, -0.1) is 0 Å². The Morgan fingerprint density at radius 2 is 2.00 bits per heavy atom. The second-order valence-electron chi connectivity index (χ2n) is 4.76. The van der Waals surface area contributed by atoms with Crippen LogP contribution in [-0.4, -0.2) is 29.3 Å². The van der Waals surface area contributed by atoms with Crippen molar-refractivity contribution in [3.8, 4) is 0 Å². The lowest BCUT2D eigenvalue weighted by Crippen LogP contribution is -2.29. The largest absolute Gasteiger partial charge is 0.451 e. The number of hydrogen-bond donors (Lipinski definition) is 4. The number of nitrogens with two attached hydrogens (primary N) is 2. The van der Waals surface area contributed by atoms with E-state index in [0.717, 1.165) is 38.5 Å². The van der Waals surface area contributed by atoms with Crippen LogP contribution in [0.5, 0.6) is 0 Å². The monoisotopic (exact) mass is 214 g/mol. The van der Waals surface area contributed by atoms with Crippen molar-refractivity contribution in [3.63, 3.8) is 0 Å². The summed E-state index contributed by atoms with van der Waals surface area (Å²) in [6.45, 7) is 0. The molecule has 1 rings (SSSR count). The molecule has 6 N–H and O–H groups in total. The number of unbranched alkanes of at least 4 members (excludes halogenated alkanes) is 1. The summed E-state index contributed by atoms with van der Waals surface area (Å²) in [5.41, 5.74) is 11.9. The summed E-state index contributed by atoms with van der Waals surface area (Å²) in [6, 6.07) is 0.592. The van der Waals surface area contributed by atoms with E-state index in [2.05, 4.69) is 0 Å². The Kier molecular flexibility index (Phi) is 5.60. The van der Waals surface area contributed by atoms with E-state index in [4.69, 9.17) is 21.5 Å². The molecule has 1 saturated carbocycles. The average Bonchev–Trinajstić information content (AvgIpc) is 2.59. The van der Waals surface area contributed by atoms with Gasteiger partial charge in [-0.25, -0.2) is 0 Å². The molecule has 0 bridgehead atoms. The zero-order valence-corrected chi connectivity index (χ0v) is 9.31. The van der Waals surface area contributed by atoms with E-state index in [0.29, 0.717) is 18.3 Å². The van der Waals surface area contributed by atoms with E-state index < -0.39 is 7.12 Å². The highest BCUT2D eigenvalue weighted by Crippen LogP contribution is 2.28. The van der Waals surface area contributed by atoms with E-state index in [1.807, 2.05) is 0 Å². The predicted molar refractivity (Wildman–Crippen MR) is 62.1 cm³/mol. The molecule has 1 aliphatic carbocycles. The Bertz CT molecular complexity index is 181. The standard InChI is InChI=1S/C10H23BN2O2/c12-9-5-4-8(7-9)10(13)3-1-2-6-11(14)15/h8-10,14-15H,1-7,12-13H2/t8-,9+,10?/m0/s1. The molecule has 0 amide bonds. The maximum absolute atomic E-state index is 8.67. The lowest BCUT2D eigenvalue weighted by Gasteiger charge is -2.18. The molecular weight excluding hydrogens is 191 g/mol. The van der Waals surface area contributed by atoms with Crippen molar-refractivity contribution in [2.24, 2.45) is 17.4 Å². The first-order chi connectivity index (χ1) is 7.09. The van der Waals surface area contributed by atoms with Crippen LogP contribution >= 0.6 is 0 Å². The molecule has 3 atom stereocenters. The zero-order valence-electron chi connectivity index (χ0n) is 9.31. The van der Waals surface area contributed by atoms with E-state index in [9.17, 15) is 0 Å². The van der Waals surface area contributed by atoms with Crippen molar-refractivity contribution in [2.45, 2.75) is 56.9 Å². The lowest BCUT2D eigenvalue weighted by molar-refractivity contribution is 0.383. The average molecular weight is 214 g/mol. The SMILES string of the molecule is NC(CCCCB(O)O)[C@H]1CC[C@@H](N)C1. The third kappa shape index (κ3) is 4.97. The highest BCUT2D eigenvalue weighted by molar-refractivity contribution is 6.40. The first-order valence-corrected chi connectivity index (χ1v) is 5.97. The lowest BCUT2D eigenvalue weighted by atomic mass is 9.82. The Morgan fingerprint density at radius 3 is 2.53 bits per heavy atom. The predicted octanol–water partition coefficient (Wildman–Crippen LogP) is 0.0842. The fourth-order valence-electron chi connectivity index (χ4n) is 2.38. The Balaban J connectivity index is 2.05. The smallest absolute Gasteiger partial charge is 0.427 e. The van der Waals surface area contributed by atoms with Crippen LogP contribution in [-0.2, 0) is 0 Å². The van der Waals surface area contributed by atoms with Gasteiger partial charge in [0.2, 0.25) is 0 Å². The maximum Gasteiger partial charge on any atom is 0.451 e. The number of hydrogen-bond acceptors (Lipinski definition) is 4. The minimum Gasteiger partial charge on any atom is -0.427 e. The molecule has 0 aromatic carbocycles. The summed E-state index contributed by atoms with van der Waals surface area (Å²) in [5.74, 6) is 0.582. The Morgan fingerprint density at radius 1 is 1.27 bits per heavy atom. The molecule has 0 saturated heterocycles. The van der Waals surface area contributed by atoms with Gasteiger partial charge in [0.05, 0.1) is 0 Å². The molecule has 1 unspecified atom stereocenters. The summed E-state index contributed by atoms with van der Waals surface area (Å²) in [4.78, 5) is 0. The molecule has 0 aliphatic heterocycles. The van der Waals surface area contributed by atoms with Gasteiger partial charge in [-0.1, -0.05) is 12.8 Å². The van der Waals surface area contributed by atoms with Gasteiger partial charge < -0.3 is 21.5 Å². The van der Waals surface area contributed by atoms with Crippen LogP contribution in [0.15, 0.2) is 0 Å². The highest BCUT2D eigenvalue weighted by atomic mass is 16.4. The molecule has 0 aromatic heterocycles. The van der Waals surface area contributed by atoms with Crippen molar-refractivity contribution in [1.82, 2.24) is 0 Å². The molecular formula is C10H23BN2O2. The summed E-state index contributed by atoms with van der Waals surface area (Å²) in [7, 11) is -1.17. The van der Waals surface area contributed by atoms with Crippen molar-refractivity contribution in [1.29, 1.82) is 0 Å². The van der Waals surface area contributed by atoms with Crippen LogP contribution in [0.4, 0.5) is 0 Å². The van der Waals surface area contributed by atoms with E-state index >= 15 is 0 Å². The molecule has 0 aromatic rings. The first kappa shape index (κ1) is 13.0. The number of rotatable bonds is 6. The summed E-state index contributed by atoms with van der Waals surface area (Å²) in [5, 5.41) is 17.3.